The van der Waals surface area contributed by atoms with Crippen LogP contribution in [0.2, 0.25) is 0 Å². The number of carbonyl (C=O) groups excluding carboxylic acids is 3. The zero-order valence-electron chi connectivity index (χ0n) is 21.3. The first kappa shape index (κ1) is 26.9. The smallest absolute Gasteiger partial charge is 0.251 e. The number of imide groups is 1. The van der Waals surface area contributed by atoms with Crippen molar-refractivity contribution in [2.24, 2.45) is 5.14 Å². The van der Waals surface area contributed by atoms with E-state index in [0.717, 1.165) is 58.4 Å². The lowest BCUT2D eigenvalue weighted by Crippen LogP contribution is -2.42. The second kappa shape index (κ2) is 11.2. The molecule has 5 N–H and O–H groups in total. The molecular formula is C27H30N6O5S. The van der Waals surface area contributed by atoms with E-state index in [1.807, 2.05) is 24.3 Å². The fourth-order valence-corrected chi connectivity index (χ4v) is 5.60. The van der Waals surface area contributed by atoms with Crippen LogP contribution in [0.15, 0.2) is 53.4 Å². The van der Waals surface area contributed by atoms with Crippen molar-refractivity contribution in [3.8, 4) is 0 Å². The largest absolute Gasteiger partial charge is 0.324 e. The quantitative estimate of drug-likeness (QED) is 0.228. The monoisotopic (exact) mass is 550 g/mol. The number of fused-ring (bicyclic) bond motifs is 2. The molecule has 0 spiro atoms. The SMILES string of the molecule is NS(=O)(=O)c1ccc(N2C(=O)CC(NCCNCC(=O)Nc3c4c(nc5ccccc35)CCCC4)C2=O)cc1. The molecule has 1 aliphatic carbocycles. The van der Waals surface area contributed by atoms with Crippen molar-refractivity contribution in [3.05, 3.63) is 59.8 Å². The Morgan fingerprint density at radius 1 is 1.03 bits per heavy atom. The molecule has 5 rings (SSSR count). The minimum atomic E-state index is -3.88. The second-order valence-corrected chi connectivity index (χ2v) is 11.2. The Kier molecular flexibility index (Phi) is 7.71. The van der Waals surface area contributed by atoms with Crippen LogP contribution in [-0.4, -0.2) is 56.8 Å². The number of hydrogen-bond donors (Lipinski definition) is 4. The summed E-state index contributed by atoms with van der Waals surface area (Å²) in [5, 5.41) is 15.3. The lowest BCUT2D eigenvalue weighted by molar-refractivity contribution is -0.121. The Balaban J connectivity index is 1.12. The molecule has 2 heterocycles. The van der Waals surface area contributed by atoms with Crippen molar-refractivity contribution in [3.63, 3.8) is 0 Å². The van der Waals surface area contributed by atoms with Gasteiger partial charge in [-0.25, -0.2) is 18.5 Å². The normalized spacial score (nSPS) is 17.5. The van der Waals surface area contributed by atoms with Crippen LogP contribution < -0.4 is 26.0 Å². The van der Waals surface area contributed by atoms with Crippen LogP contribution in [0.1, 0.15) is 30.5 Å². The van der Waals surface area contributed by atoms with Gasteiger partial charge in [0.15, 0.2) is 0 Å². The molecule has 1 fully saturated rings. The van der Waals surface area contributed by atoms with Gasteiger partial charge in [-0.3, -0.25) is 19.4 Å². The minimum Gasteiger partial charge on any atom is -0.324 e. The maximum atomic E-state index is 12.8. The van der Waals surface area contributed by atoms with Crippen LogP contribution in [0.25, 0.3) is 10.9 Å². The highest BCUT2D eigenvalue weighted by molar-refractivity contribution is 7.89. The fraction of sp³-hybridized carbons (Fsp3) is 0.333. The van der Waals surface area contributed by atoms with E-state index in [4.69, 9.17) is 10.1 Å². The van der Waals surface area contributed by atoms with E-state index >= 15 is 0 Å². The molecular weight excluding hydrogens is 520 g/mol. The van der Waals surface area contributed by atoms with E-state index in [2.05, 4.69) is 16.0 Å². The first-order chi connectivity index (χ1) is 18.7. The van der Waals surface area contributed by atoms with Crippen molar-refractivity contribution >= 4 is 50.0 Å². The minimum absolute atomic E-state index is 0.0174. The summed E-state index contributed by atoms with van der Waals surface area (Å²) in [6.45, 7) is 0.861. The third kappa shape index (κ3) is 5.83. The third-order valence-corrected chi connectivity index (χ3v) is 7.91. The number of carbonyl (C=O) groups is 3. The van der Waals surface area contributed by atoms with Crippen LogP contribution in [0.3, 0.4) is 0 Å². The van der Waals surface area contributed by atoms with Crippen molar-refractivity contribution in [1.82, 2.24) is 15.6 Å². The molecule has 11 nitrogen and oxygen atoms in total. The highest BCUT2D eigenvalue weighted by Crippen LogP contribution is 2.33. The lowest BCUT2D eigenvalue weighted by atomic mass is 9.92. The Bertz CT molecular complexity index is 1540. The first-order valence-corrected chi connectivity index (χ1v) is 14.4. The van der Waals surface area contributed by atoms with Crippen molar-refractivity contribution in [2.45, 2.75) is 43.0 Å². The molecule has 0 radical (unpaired) electrons. The average molecular weight is 551 g/mol. The van der Waals surface area contributed by atoms with Gasteiger partial charge >= 0.3 is 0 Å². The number of nitrogens with zero attached hydrogens (tertiary/aromatic N) is 2. The molecule has 1 atom stereocenters. The lowest BCUT2D eigenvalue weighted by Gasteiger charge is -2.21. The van der Waals surface area contributed by atoms with Crippen LogP contribution in [0.4, 0.5) is 11.4 Å². The summed E-state index contributed by atoms with van der Waals surface area (Å²) in [7, 11) is -3.88. The maximum Gasteiger partial charge on any atom is 0.251 e. The number of sulfonamides is 1. The molecule has 0 bridgehead atoms. The molecule has 2 aliphatic rings. The summed E-state index contributed by atoms with van der Waals surface area (Å²) >= 11 is 0. The number of amides is 3. The van der Waals surface area contributed by atoms with E-state index in [1.165, 1.54) is 24.3 Å². The van der Waals surface area contributed by atoms with Gasteiger partial charge in [0, 0.05) is 24.2 Å². The van der Waals surface area contributed by atoms with Gasteiger partial charge in [0.2, 0.25) is 21.8 Å². The second-order valence-electron chi connectivity index (χ2n) is 9.68. The van der Waals surface area contributed by atoms with Gasteiger partial charge in [0.25, 0.3) is 5.91 Å². The Morgan fingerprint density at radius 3 is 2.54 bits per heavy atom. The van der Waals surface area contributed by atoms with E-state index < -0.39 is 22.0 Å². The van der Waals surface area contributed by atoms with Gasteiger partial charge in [-0.05, 0) is 61.6 Å². The summed E-state index contributed by atoms with van der Waals surface area (Å²) in [6, 6.07) is 12.4. The molecule has 39 heavy (non-hydrogen) atoms. The molecule has 12 heteroatoms. The summed E-state index contributed by atoms with van der Waals surface area (Å²) in [6.07, 6.45) is 3.95. The highest BCUT2D eigenvalue weighted by Gasteiger charge is 2.39. The highest BCUT2D eigenvalue weighted by atomic mass is 32.2. The van der Waals surface area contributed by atoms with Crippen LogP contribution >= 0.6 is 0 Å². The topological polar surface area (TPSA) is 164 Å². The molecule has 1 aliphatic heterocycles. The summed E-state index contributed by atoms with van der Waals surface area (Å²) < 4.78 is 22.9. The number of anilines is 2. The fourth-order valence-electron chi connectivity index (χ4n) is 5.08. The molecule has 3 aromatic rings. The molecule has 1 aromatic heterocycles. The van der Waals surface area contributed by atoms with Crippen molar-refractivity contribution < 1.29 is 22.8 Å². The van der Waals surface area contributed by atoms with Gasteiger partial charge in [-0.15, -0.1) is 0 Å². The Morgan fingerprint density at radius 2 is 1.77 bits per heavy atom. The predicted molar refractivity (Wildman–Crippen MR) is 147 cm³/mol. The van der Waals surface area contributed by atoms with E-state index in [9.17, 15) is 22.8 Å². The van der Waals surface area contributed by atoms with Crippen LogP contribution in [-0.2, 0) is 37.2 Å². The van der Waals surface area contributed by atoms with E-state index in [0.29, 0.717) is 13.1 Å². The van der Waals surface area contributed by atoms with Crippen molar-refractivity contribution in [1.29, 1.82) is 0 Å². The number of hydrogen-bond acceptors (Lipinski definition) is 8. The number of pyridine rings is 1. The maximum absolute atomic E-state index is 12.8. The zero-order valence-corrected chi connectivity index (χ0v) is 22.1. The number of benzene rings is 2. The van der Waals surface area contributed by atoms with E-state index in [-0.39, 0.29) is 35.4 Å². The molecule has 1 unspecified atom stereocenters. The summed E-state index contributed by atoms with van der Waals surface area (Å²) in [4.78, 5) is 43.8. The number of aromatic nitrogens is 1. The Labute approximate surface area is 226 Å². The van der Waals surface area contributed by atoms with Gasteiger partial charge in [-0.1, -0.05) is 18.2 Å². The average Bonchev–Trinajstić information content (AvgIpc) is 3.20. The van der Waals surface area contributed by atoms with Gasteiger partial charge in [-0.2, -0.15) is 0 Å². The number of aryl methyl sites for hydroxylation is 1. The molecule has 204 valence electrons. The predicted octanol–water partition coefficient (Wildman–Crippen LogP) is 1.21. The number of primary sulfonamides is 1. The molecule has 2 aromatic carbocycles. The van der Waals surface area contributed by atoms with Crippen LogP contribution in [0.5, 0.6) is 0 Å². The van der Waals surface area contributed by atoms with Gasteiger partial charge in [0.05, 0.1) is 40.8 Å². The molecule has 1 saturated heterocycles. The van der Waals surface area contributed by atoms with E-state index in [1.54, 1.807) is 0 Å². The third-order valence-electron chi connectivity index (χ3n) is 6.98. The number of nitrogens with one attached hydrogen (secondary N) is 3. The molecule has 3 amide bonds. The number of para-hydroxylation sites is 1. The molecule has 0 saturated carbocycles. The summed E-state index contributed by atoms with van der Waals surface area (Å²) in [5.41, 5.74) is 4.16. The zero-order chi connectivity index (χ0) is 27.6. The van der Waals surface area contributed by atoms with Gasteiger partial charge < -0.3 is 16.0 Å². The van der Waals surface area contributed by atoms with Crippen LogP contribution in [0, 0.1) is 0 Å². The standard InChI is InChI=1S/C27H30N6O5S/c28-39(37,38)18-11-9-17(10-12-18)33-25(35)15-23(27(33)36)30-14-13-29-16-24(34)32-26-19-5-1-3-7-21(19)31-22-8-4-2-6-20(22)26/h1,3,5,7,9-12,23,29-30H,2,4,6,8,13-16H2,(H2,28,37,38)(H,31,32,34). The first-order valence-electron chi connectivity index (χ1n) is 12.9. The number of rotatable bonds is 9. The number of nitrogens with two attached hydrogens (primary N) is 1. The van der Waals surface area contributed by atoms with Crippen molar-refractivity contribution in [2.75, 3.05) is 29.9 Å². The summed E-state index contributed by atoms with van der Waals surface area (Å²) in [5.74, 6) is -0.975. The van der Waals surface area contributed by atoms with Gasteiger partial charge in [0.1, 0.15) is 0 Å². The Hall–Kier alpha value is -3.71.